The molecule has 3 N–H and O–H groups in total. The molecule has 1 aromatic rings. The minimum atomic E-state index is -3.20. The van der Waals surface area contributed by atoms with E-state index in [1.54, 1.807) is 32.2 Å². The second-order valence-corrected chi connectivity index (χ2v) is 6.97. The average Bonchev–Trinajstić information content (AvgIpc) is 2.64. The van der Waals surface area contributed by atoms with Gasteiger partial charge in [-0.05, 0) is 26.0 Å². The third kappa shape index (κ3) is 2.63. The first-order valence-electron chi connectivity index (χ1n) is 4.97. The first-order valence-corrected chi connectivity index (χ1v) is 6.86. The predicted octanol–water partition coefficient (Wildman–Crippen LogP) is 0.477. The highest BCUT2D eigenvalue weighted by Crippen LogP contribution is 2.22. The zero-order valence-electron chi connectivity index (χ0n) is 9.73. The molecule has 0 spiro atoms. The number of nitrogens with one attached hydrogen (secondary N) is 1. The normalized spacial score (nSPS) is 15.0. The van der Waals surface area contributed by atoms with Crippen LogP contribution in [0.1, 0.15) is 19.6 Å². The molecule has 16 heavy (non-hydrogen) atoms. The molecule has 6 heteroatoms. The van der Waals surface area contributed by atoms with E-state index in [0.29, 0.717) is 12.2 Å². The fraction of sp³-hybridized carbons (Fsp3) is 0.600. The van der Waals surface area contributed by atoms with E-state index < -0.39 is 20.6 Å². The molecular formula is C10H18N2O3S. The van der Waals surface area contributed by atoms with E-state index in [1.165, 1.54) is 6.26 Å². The summed E-state index contributed by atoms with van der Waals surface area (Å²) in [7, 11) is -3.20. The van der Waals surface area contributed by atoms with E-state index in [4.69, 9.17) is 10.3 Å². The van der Waals surface area contributed by atoms with Crippen LogP contribution in [0.2, 0.25) is 0 Å². The quantitative estimate of drug-likeness (QED) is 0.583. The van der Waals surface area contributed by atoms with Gasteiger partial charge < -0.3 is 4.42 Å². The standard InChI is InChI=1S/C10H18N2O3S/c1-10(2,16(3,13)14)9(12-11)7-8-5-4-6-15-8/h4-6,9,12H,7,11H2,1-3H3. The molecule has 0 aromatic carbocycles. The summed E-state index contributed by atoms with van der Waals surface area (Å²) in [5.41, 5.74) is 2.55. The van der Waals surface area contributed by atoms with Gasteiger partial charge in [-0.15, -0.1) is 0 Å². The van der Waals surface area contributed by atoms with Gasteiger partial charge in [0.2, 0.25) is 0 Å². The highest BCUT2D eigenvalue weighted by atomic mass is 32.2. The molecule has 0 aliphatic rings. The summed E-state index contributed by atoms with van der Waals surface area (Å²) < 4.78 is 27.5. The molecular weight excluding hydrogens is 228 g/mol. The topological polar surface area (TPSA) is 85.3 Å². The van der Waals surface area contributed by atoms with Crippen LogP contribution in [0.3, 0.4) is 0 Å². The Labute approximate surface area is 95.9 Å². The van der Waals surface area contributed by atoms with Gasteiger partial charge in [0, 0.05) is 18.7 Å². The lowest BCUT2D eigenvalue weighted by Gasteiger charge is -2.31. The van der Waals surface area contributed by atoms with E-state index in [9.17, 15) is 8.42 Å². The van der Waals surface area contributed by atoms with Gasteiger partial charge >= 0.3 is 0 Å². The molecule has 1 unspecified atom stereocenters. The lowest BCUT2D eigenvalue weighted by molar-refractivity contribution is 0.382. The first-order chi connectivity index (χ1) is 7.29. The number of hydrogen-bond donors (Lipinski definition) is 2. The van der Waals surface area contributed by atoms with Crippen molar-refractivity contribution in [1.29, 1.82) is 0 Å². The average molecular weight is 246 g/mol. The Morgan fingerprint density at radius 1 is 1.56 bits per heavy atom. The number of hydrazine groups is 1. The number of nitrogens with two attached hydrogens (primary N) is 1. The Kier molecular flexibility index (Phi) is 3.77. The van der Waals surface area contributed by atoms with Gasteiger partial charge in [-0.2, -0.15) is 0 Å². The summed E-state index contributed by atoms with van der Waals surface area (Å²) in [4.78, 5) is 0. The molecule has 1 heterocycles. The molecule has 5 nitrogen and oxygen atoms in total. The van der Waals surface area contributed by atoms with Crippen molar-refractivity contribution in [3.8, 4) is 0 Å². The summed E-state index contributed by atoms with van der Waals surface area (Å²) in [6.45, 7) is 3.30. The maximum atomic E-state index is 11.7. The minimum absolute atomic E-state index is 0.395. The highest BCUT2D eigenvalue weighted by molar-refractivity contribution is 7.92. The Bertz CT molecular complexity index is 423. The molecule has 0 aliphatic carbocycles. The first kappa shape index (κ1) is 13.2. The third-order valence-corrected chi connectivity index (χ3v) is 5.18. The van der Waals surface area contributed by atoms with E-state index in [0.717, 1.165) is 0 Å². The van der Waals surface area contributed by atoms with Crippen LogP contribution in [0, 0.1) is 0 Å². The molecule has 1 rings (SSSR count). The van der Waals surface area contributed by atoms with Crippen molar-refractivity contribution < 1.29 is 12.8 Å². The molecule has 0 saturated carbocycles. The maximum Gasteiger partial charge on any atom is 0.154 e. The van der Waals surface area contributed by atoms with E-state index >= 15 is 0 Å². The van der Waals surface area contributed by atoms with Gasteiger partial charge in [0.05, 0.1) is 11.0 Å². The van der Waals surface area contributed by atoms with Crippen molar-refractivity contribution in [3.63, 3.8) is 0 Å². The smallest absolute Gasteiger partial charge is 0.154 e. The van der Waals surface area contributed by atoms with Crippen molar-refractivity contribution >= 4 is 9.84 Å². The zero-order valence-corrected chi connectivity index (χ0v) is 10.5. The molecule has 0 fully saturated rings. The van der Waals surface area contributed by atoms with Crippen molar-refractivity contribution in [3.05, 3.63) is 24.2 Å². The van der Waals surface area contributed by atoms with Crippen molar-refractivity contribution in [2.24, 2.45) is 5.84 Å². The van der Waals surface area contributed by atoms with Gasteiger partial charge in [-0.1, -0.05) is 0 Å². The van der Waals surface area contributed by atoms with Crippen LogP contribution >= 0.6 is 0 Å². The summed E-state index contributed by atoms with van der Waals surface area (Å²) in [5.74, 6) is 6.12. The van der Waals surface area contributed by atoms with Crippen molar-refractivity contribution in [2.75, 3.05) is 6.26 Å². The lowest BCUT2D eigenvalue weighted by atomic mass is 9.99. The zero-order chi connectivity index (χ0) is 12.4. The fourth-order valence-corrected chi connectivity index (χ4v) is 2.06. The number of rotatable bonds is 5. The Hall–Kier alpha value is -0.850. The van der Waals surface area contributed by atoms with Gasteiger partial charge in [0.1, 0.15) is 5.76 Å². The Morgan fingerprint density at radius 3 is 2.56 bits per heavy atom. The summed E-state index contributed by atoms with van der Waals surface area (Å²) in [5, 5.41) is 0. The largest absolute Gasteiger partial charge is 0.469 e. The van der Waals surface area contributed by atoms with Gasteiger partial charge in [-0.3, -0.25) is 11.3 Å². The van der Waals surface area contributed by atoms with Crippen LogP contribution in [0.25, 0.3) is 0 Å². The molecule has 1 aromatic heterocycles. The van der Waals surface area contributed by atoms with Crippen LogP contribution in [-0.4, -0.2) is 25.5 Å². The van der Waals surface area contributed by atoms with Crippen LogP contribution in [0.15, 0.2) is 22.8 Å². The molecule has 0 saturated heterocycles. The highest BCUT2D eigenvalue weighted by Gasteiger charge is 2.38. The van der Waals surface area contributed by atoms with E-state index in [2.05, 4.69) is 5.43 Å². The number of furan rings is 1. The van der Waals surface area contributed by atoms with E-state index in [1.807, 2.05) is 0 Å². The Morgan fingerprint density at radius 2 is 2.19 bits per heavy atom. The van der Waals surface area contributed by atoms with Crippen LogP contribution in [0.4, 0.5) is 0 Å². The summed E-state index contributed by atoms with van der Waals surface area (Å²) >= 11 is 0. The van der Waals surface area contributed by atoms with Crippen LogP contribution in [-0.2, 0) is 16.3 Å². The summed E-state index contributed by atoms with van der Waals surface area (Å²) in [6.07, 6.45) is 3.19. The van der Waals surface area contributed by atoms with Crippen LogP contribution < -0.4 is 11.3 Å². The molecule has 0 radical (unpaired) electrons. The number of sulfone groups is 1. The van der Waals surface area contributed by atoms with Gasteiger partial charge in [0.25, 0.3) is 0 Å². The SMILES string of the molecule is CC(C)(C(Cc1ccco1)NN)S(C)(=O)=O. The third-order valence-electron chi connectivity index (χ3n) is 2.98. The monoisotopic (exact) mass is 246 g/mol. The summed E-state index contributed by atoms with van der Waals surface area (Å²) in [6, 6.07) is 3.16. The number of hydrogen-bond acceptors (Lipinski definition) is 5. The van der Waals surface area contributed by atoms with Gasteiger partial charge in [-0.25, -0.2) is 8.42 Å². The molecule has 0 aliphatic heterocycles. The second-order valence-electron chi connectivity index (χ2n) is 4.38. The van der Waals surface area contributed by atoms with Gasteiger partial charge in [0.15, 0.2) is 9.84 Å². The molecule has 0 bridgehead atoms. The predicted molar refractivity (Wildman–Crippen MR) is 62.4 cm³/mol. The van der Waals surface area contributed by atoms with Crippen molar-refractivity contribution in [2.45, 2.75) is 31.1 Å². The minimum Gasteiger partial charge on any atom is -0.469 e. The fourth-order valence-electron chi connectivity index (χ4n) is 1.39. The lowest BCUT2D eigenvalue weighted by Crippen LogP contribution is -2.55. The van der Waals surface area contributed by atoms with E-state index in [-0.39, 0.29) is 0 Å². The molecule has 1 atom stereocenters. The maximum absolute atomic E-state index is 11.7. The van der Waals surface area contributed by atoms with Crippen LogP contribution in [0.5, 0.6) is 0 Å². The molecule has 92 valence electrons. The second kappa shape index (κ2) is 4.57. The molecule has 0 amide bonds. The Balaban J connectivity index is 2.91. The van der Waals surface area contributed by atoms with Crippen molar-refractivity contribution in [1.82, 2.24) is 5.43 Å².